The fourth-order valence-electron chi connectivity index (χ4n) is 1.68. The van der Waals surface area contributed by atoms with E-state index in [1.165, 1.54) is 12.1 Å². The number of rotatable bonds is 5. The lowest BCUT2D eigenvalue weighted by molar-refractivity contribution is -0.115. The van der Waals surface area contributed by atoms with E-state index in [0.29, 0.717) is 6.54 Å². The summed E-state index contributed by atoms with van der Waals surface area (Å²) in [4.78, 5) is 11.8. The van der Waals surface area contributed by atoms with Crippen LogP contribution in [0.3, 0.4) is 0 Å². The highest BCUT2D eigenvalue weighted by molar-refractivity contribution is 9.10. The van der Waals surface area contributed by atoms with E-state index in [0.717, 1.165) is 15.7 Å². The number of hydrogen-bond donors (Lipinski definition) is 2. The Labute approximate surface area is 125 Å². The molecule has 0 spiro atoms. The topological polar surface area (TPSA) is 41.1 Å². The molecule has 0 radical (unpaired) electrons. The average Bonchev–Trinajstić information content (AvgIpc) is 2.44. The molecule has 2 aromatic carbocycles. The van der Waals surface area contributed by atoms with Crippen molar-refractivity contribution in [2.75, 3.05) is 11.9 Å². The zero-order chi connectivity index (χ0) is 14.4. The second kappa shape index (κ2) is 7.17. The molecule has 0 aliphatic carbocycles. The van der Waals surface area contributed by atoms with E-state index in [-0.39, 0.29) is 18.3 Å². The molecule has 0 bridgehead atoms. The van der Waals surface area contributed by atoms with Crippen molar-refractivity contribution in [1.82, 2.24) is 5.32 Å². The highest BCUT2D eigenvalue weighted by Gasteiger charge is 2.04. The fourth-order valence-corrected chi connectivity index (χ4v) is 2.06. The first-order chi connectivity index (χ1) is 9.65. The van der Waals surface area contributed by atoms with Crippen LogP contribution in [0, 0.1) is 5.82 Å². The van der Waals surface area contributed by atoms with Crippen molar-refractivity contribution >= 4 is 27.5 Å². The number of para-hydroxylation sites is 1. The van der Waals surface area contributed by atoms with Gasteiger partial charge in [0.2, 0.25) is 5.91 Å². The Hall–Kier alpha value is -1.72. The van der Waals surface area contributed by atoms with Crippen LogP contribution in [0.15, 0.2) is 53.0 Å². The Morgan fingerprint density at radius 1 is 1.10 bits per heavy atom. The number of hydrogen-bond acceptors (Lipinski definition) is 2. The monoisotopic (exact) mass is 336 g/mol. The first-order valence-corrected chi connectivity index (χ1v) is 6.94. The minimum atomic E-state index is -0.263. The SMILES string of the molecule is O=C(CNCc1ccc(F)cc1)Nc1ccccc1Br. The standard InChI is InChI=1S/C15H14BrFN2O/c16-13-3-1-2-4-14(13)19-15(20)10-18-9-11-5-7-12(17)8-6-11/h1-8,18H,9-10H2,(H,19,20). The largest absolute Gasteiger partial charge is 0.324 e. The number of halogens is 2. The molecule has 0 atom stereocenters. The normalized spacial score (nSPS) is 10.3. The molecule has 0 fully saturated rings. The first-order valence-electron chi connectivity index (χ1n) is 6.15. The summed E-state index contributed by atoms with van der Waals surface area (Å²) in [5, 5.41) is 5.81. The van der Waals surface area contributed by atoms with Gasteiger partial charge in [-0.25, -0.2) is 4.39 Å². The highest BCUT2D eigenvalue weighted by atomic mass is 79.9. The van der Waals surface area contributed by atoms with Crippen molar-refractivity contribution in [3.05, 3.63) is 64.4 Å². The molecule has 0 aliphatic rings. The summed E-state index contributed by atoms with van der Waals surface area (Å²) in [6, 6.07) is 13.6. The van der Waals surface area contributed by atoms with Gasteiger partial charge in [-0.1, -0.05) is 24.3 Å². The smallest absolute Gasteiger partial charge is 0.238 e. The molecule has 1 amide bonds. The van der Waals surface area contributed by atoms with Crippen LogP contribution < -0.4 is 10.6 Å². The number of anilines is 1. The molecule has 2 aromatic rings. The third-order valence-corrected chi connectivity index (χ3v) is 3.37. The number of nitrogens with one attached hydrogen (secondary N) is 2. The van der Waals surface area contributed by atoms with E-state index < -0.39 is 0 Å². The molecule has 3 nitrogen and oxygen atoms in total. The van der Waals surface area contributed by atoms with Crippen LogP contribution in [-0.4, -0.2) is 12.5 Å². The quantitative estimate of drug-likeness (QED) is 0.879. The van der Waals surface area contributed by atoms with Crippen molar-refractivity contribution in [2.24, 2.45) is 0 Å². The zero-order valence-electron chi connectivity index (χ0n) is 10.7. The van der Waals surface area contributed by atoms with Crippen molar-refractivity contribution in [3.63, 3.8) is 0 Å². The van der Waals surface area contributed by atoms with E-state index >= 15 is 0 Å². The summed E-state index contributed by atoms with van der Waals surface area (Å²) in [7, 11) is 0. The molecular formula is C15H14BrFN2O. The maximum atomic E-state index is 12.7. The number of carbonyl (C=O) groups excluding carboxylic acids is 1. The maximum Gasteiger partial charge on any atom is 0.238 e. The van der Waals surface area contributed by atoms with Crippen molar-refractivity contribution < 1.29 is 9.18 Å². The third kappa shape index (κ3) is 4.43. The first kappa shape index (κ1) is 14.7. The van der Waals surface area contributed by atoms with Crippen LogP contribution in [-0.2, 0) is 11.3 Å². The summed E-state index contributed by atoms with van der Waals surface area (Å²) < 4.78 is 13.6. The van der Waals surface area contributed by atoms with Crippen LogP contribution in [0.4, 0.5) is 10.1 Å². The van der Waals surface area contributed by atoms with Gasteiger partial charge in [-0.3, -0.25) is 4.79 Å². The number of carbonyl (C=O) groups is 1. The van der Waals surface area contributed by atoms with Crippen molar-refractivity contribution in [2.45, 2.75) is 6.54 Å². The summed E-state index contributed by atoms with van der Waals surface area (Å²) in [5.74, 6) is -0.389. The summed E-state index contributed by atoms with van der Waals surface area (Å²) in [6.45, 7) is 0.711. The van der Waals surface area contributed by atoms with Crippen molar-refractivity contribution in [1.29, 1.82) is 0 Å². The predicted octanol–water partition coefficient (Wildman–Crippen LogP) is 3.32. The van der Waals surface area contributed by atoms with Gasteiger partial charge in [0.05, 0.1) is 12.2 Å². The van der Waals surface area contributed by atoms with Gasteiger partial charge in [-0.2, -0.15) is 0 Å². The van der Waals surface area contributed by atoms with Gasteiger partial charge in [0.1, 0.15) is 5.82 Å². The molecule has 5 heteroatoms. The van der Waals surface area contributed by atoms with Crippen LogP contribution >= 0.6 is 15.9 Å². The lowest BCUT2D eigenvalue weighted by Crippen LogP contribution is -2.27. The minimum absolute atomic E-state index is 0.126. The number of benzene rings is 2. The minimum Gasteiger partial charge on any atom is -0.324 e. The predicted molar refractivity (Wildman–Crippen MR) is 80.9 cm³/mol. The third-order valence-electron chi connectivity index (χ3n) is 2.68. The Kier molecular flexibility index (Phi) is 5.26. The van der Waals surface area contributed by atoms with Gasteiger partial charge in [-0.05, 0) is 45.8 Å². The molecule has 0 aliphatic heterocycles. The van der Waals surface area contributed by atoms with Gasteiger partial charge in [0.15, 0.2) is 0 Å². The van der Waals surface area contributed by atoms with Gasteiger partial charge >= 0.3 is 0 Å². The van der Waals surface area contributed by atoms with E-state index in [4.69, 9.17) is 0 Å². The molecule has 2 N–H and O–H groups in total. The molecule has 0 aromatic heterocycles. The van der Waals surface area contributed by atoms with Gasteiger partial charge in [-0.15, -0.1) is 0 Å². The molecule has 2 rings (SSSR count). The van der Waals surface area contributed by atoms with Crippen molar-refractivity contribution in [3.8, 4) is 0 Å². The van der Waals surface area contributed by atoms with E-state index in [1.807, 2.05) is 24.3 Å². The molecule has 20 heavy (non-hydrogen) atoms. The van der Waals surface area contributed by atoms with Gasteiger partial charge in [0.25, 0.3) is 0 Å². The second-order valence-electron chi connectivity index (χ2n) is 4.26. The van der Waals surface area contributed by atoms with Crippen LogP contribution in [0.25, 0.3) is 0 Å². The zero-order valence-corrected chi connectivity index (χ0v) is 12.3. The van der Waals surface area contributed by atoms with Crippen LogP contribution in [0.1, 0.15) is 5.56 Å². The summed E-state index contributed by atoms with van der Waals surface area (Å²) in [5.41, 5.74) is 1.67. The molecular weight excluding hydrogens is 323 g/mol. The summed E-state index contributed by atoms with van der Waals surface area (Å²) >= 11 is 3.37. The molecule has 0 saturated heterocycles. The molecule has 104 valence electrons. The van der Waals surface area contributed by atoms with E-state index in [2.05, 4.69) is 26.6 Å². The van der Waals surface area contributed by atoms with Crippen LogP contribution in [0.2, 0.25) is 0 Å². The van der Waals surface area contributed by atoms with Gasteiger partial charge < -0.3 is 10.6 Å². The summed E-state index contributed by atoms with van der Waals surface area (Å²) in [6.07, 6.45) is 0. The lowest BCUT2D eigenvalue weighted by Gasteiger charge is -2.08. The molecule has 0 heterocycles. The van der Waals surface area contributed by atoms with Crippen LogP contribution in [0.5, 0.6) is 0 Å². The Morgan fingerprint density at radius 2 is 1.80 bits per heavy atom. The molecule has 0 unspecified atom stereocenters. The van der Waals surface area contributed by atoms with E-state index in [1.54, 1.807) is 12.1 Å². The highest BCUT2D eigenvalue weighted by Crippen LogP contribution is 2.20. The lowest BCUT2D eigenvalue weighted by atomic mass is 10.2. The Morgan fingerprint density at radius 3 is 2.50 bits per heavy atom. The molecule has 0 saturated carbocycles. The van der Waals surface area contributed by atoms with Gasteiger partial charge in [0, 0.05) is 11.0 Å². The maximum absolute atomic E-state index is 12.7. The Balaban J connectivity index is 1.78. The second-order valence-corrected chi connectivity index (χ2v) is 5.11. The number of amides is 1. The average molecular weight is 337 g/mol. The fraction of sp³-hybridized carbons (Fsp3) is 0.133. The van der Waals surface area contributed by atoms with E-state index in [9.17, 15) is 9.18 Å². The Bertz CT molecular complexity index is 587.